The van der Waals surface area contributed by atoms with Gasteiger partial charge in [-0.15, -0.1) is 0 Å². The average Bonchev–Trinajstić information content (AvgIpc) is 2.50. The fraction of sp³-hybridized carbons (Fsp3) is 1.00. The summed E-state index contributed by atoms with van der Waals surface area (Å²) in [5.41, 5.74) is 0.953. The second-order valence-corrected chi connectivity index (χ2v) is 6.09. The van der Waals surface area contributed by atoms with Crippen molar-refractivity contribution in [3.63, 3.8) is 0 Å². The van der Waals surface area contributed by atoms with Gasteiger partial charge >= 0.3 is 0 Å². The summed E-state index contributed by atoms with van der Waals surface area (Å²) in [5, 5.41) is 7.27. The normalized spacial score (nSPS) is 35.6. The minimum absolute atomic E-state index is 0.477. The van der Waals surface area contributed by atoms with Gasteiger partial charge in [-0.05, 0) is 30.2 Å². The smallest absolute Gasteiger partial charge is 0.0196 e. The van der Waals surface area contributed by atoms with Crippen molar-refractivity contribution in [2.45, 2.75) is 52.6 Å². The molecule has 1 saturated carbocycles. The minimum Gasteiger partial charge on any atom is -0.315 e. The van der Waals surface area contributed by atoms with Crippen molar-refractivity contribution in [2.75, 3.05) is 13.1 Å². The van der Waals surface area contributed by atoms with Crippen LogP contribution in [-0.4, -0.2) is 25.2 Å². The van der Waals surface area contributed by atoms with E-state index in [4.69, 9.17) is 0 Å². The molecule has 14 heavy (non-hydrogen) atoms. The predicted molar refractivity (Wildman–Crippen MR) is 60.4 cm³/mol. The van der Waals surface area contributed by atoms with Gasteiger partial charge in [0.15, 0.2) is 0 Å². The Balaban J connectivity index is 1.87. The van der Waals surface area contributed by atoms with Crippen molar-refractivity contribution in [2.24, 2.45) is 10.8 Å². The summed E-state index contributed by atoms with van der Waals surface area (Å²) in [6.07, 6.45) is 2.67. The molecule has 0 amide bonds. The first kappa shape index (κ1) is 10.4. The average molecular weight is 196 g/mol. The fourth-order valence-corrected chi connectivity index (χ4v) is 2.84. The molecular formula is C12H24N2. The lowest BCUT2D eigenvalue weighted by molar-refractivity contribution is 0.367. The predicted octanol–water partition coefficient (Wildman–Crippen LogP) is 1.76. The summed E-state index contributed by atoms with van der Waals surface area (Å²) in [7, 11) is 0. The number of piperidine rings is 1. The Morgan fingerprint density at radius 3 is 2.21 bits per heavy atom. The molecule has 0 spiro atoms. The molecule has 2 fully saturated rings. The summed E-state index contributed by atoms with van der Waals surface area (Å²) in [5.74, 6) is 0. The van der Waals surface area contributed by atoms with Gasteiger partial charge in [-0.2, -0.15) is 0 Å². The summed E-state index contributed by atoms with van der Waals surface area (Å²) in [4.78, 5) is 0. The zero-order chi connectivity index (χ0) is 10.4. The fourth-order valence-electron chi connectivity index (χ4n) is 2.84. The van der Waals surface area contributed by atoms with Crippen LogP contribution in [0.15, 0.2) is 0 Å². The van der Waals surface area contributed by atoms with Gasteiger partial charge in [-0.25, -0.2) is 0 Å². The lowest BCUT2D eigenvalue weighted by atomic mass is 10.0. The molecule has 1 saturated heterocycles. The van der Waals surface area contributed by atoms with Gasteiger partial charge in [-0.1, -0.05) is 27.7 Å². The van der Waals surface area contributed by atoms with E-state index in [1.807, 2.05) is 0 Å². The van der Waals surface area contributed by atoms with Gasteiger partial charge in [0.05, 0.1) is 0 Å². The molecule has 82 valence electrons. The molecule has 2 rings (SSSR count). The molecule has 0 aromatic heterocycles. The monoisotopic (exact) mass is 196 g/mol. The van der Waals surface area contributed by atoms with E-state index in [2.05, 4.69) is 38.3 Å². The Morgan fingerprint density at radius 2 is 1.79 bits per heavy atom. The molecule has 0 bridgehead atoms. The van der Waals surface area contributed by atoms with Crippen molar-refractivity contribution in [3.8, 4) is 0 Å². The Hall–Kier alpha value is -0.0800. The highest BCUT2D eigenvalue weighted by molar-refractivity contribution is 5.18. The largest absolute Gasteiger partial charge is 0.315 e. The van der Waals surface area contributed by atoms with E-state index in [9.17, 15) is 0 Å². The van der Waals surface area contributed by atoms with E-state index in [-0.39, 0.29) is 0 Å². The molecule has 1 aliphatic heterocycles. The van der Waals surface area contributed by atoms with Crippen LogP contribution in [0.4, 0.5) is 0 Å². The molecular weight excluding hydrogens is 172 g/mol. The summed E-state index contributed by atoms with van der Waals surface area (Å²) >= 11 is 0. The van der Waals surface area contributed by atoms with Crippen LogP contribution in [0.25, 0.3) is 0 Å². The third kappa shape index (κ3) is 1.49. The SMILES string of the molecule is CC1(C)C(NC2CCCNC2)C1(C)C. The third-order valence-corrected chi connectivity index (χ3v) is 4.72. The zero-order valence-corrected chi connectivity index (χ0v) is 9.98. The van der Waals surface area contributed by atoms with Crippen LogP contribution in [0.3, 0.4) is 0 Å². The second-order valence-electron chi connectivity index (χ2n) is 6.09. The van der Waals surface area contributed by atoms with E-state index in [1.54, 1.807) is 0 Å². The highest BCUT2D eigenvalue weighted by atomic mass is 15.1. The maximum atomic E-state index is 3.81. The molecule has 1 heterocycles. The lowest BCUT2D eigenvalue weighted by Gasteiger charge is -2.25. The number of rotatable bonds is 2. The van der Waals surface area contributed by atoms with Gasteiger partial charge in [0.25, 0.3) is 0 Å². The van der Waals surface area contributed by atoms with Gasteiger partial charge < -0.3 is 10.6 Å². The van der Waals surface area contributed by atoms with Gasteiger partial charge in [-0.3, -0.25) is 0 Å². The lowest BCUT2D eigenvalue weighted by Crippen LogP contribution is -2.45. The minimum atomic E-state index is 0.477. The highest BCUT2D eigenvalue weighted by Gasteiger charge is 2.64. The maximum absolute atomic E-state index is 3.81. The molecule has 0 radical (unpaired) electrons. The Labute approximate surface area is 87.8 Å². The van der Waals surface area contributed by atoms with Crippen LogP contribution >= 0.6 is 0 Å². The summed E-state index contributed by atoms with van der Waals surface area (Å²) < 4.78 is 0. The maximum Gasteiger partial charge on any atom is 0.0196 e. The zero-order valence-electron chi connectivity index (χ0n) is 9.98. The van der Waals surface area contributed by atoms with Crippen LogP contribution in [0.5, 0.6) is 0 Å². The standard InChI is InChI=1S/C12H24N2/c1-11(2)10(12(11,3)4)14-9-6-5-7-13-8-9/h9-10,13-14H,5-8H2,1-4H3. The molecule has 0 aromatic rings. The van der Waals surface area contributed by atoms with Crippen molar-refractivity contribution in [1.29, 1.82) is 0 Å². The van der Waals surface area contributed by atoms with E-state index >= 15 is 0 Å². The van der Waals surface area contributed by atoms with Crippen molar-refractivity contribution < 1.29 is 0 Å². The topological polar surface area (TPSA) is 24.1 Å². The molecule has 1 atom stereocenters. The Kier molecular flexibility index (Phi) is 2.39. The number of hydrogen-bond acceptors (Lipinski definition) is 2. The molecule has 1 aliphatic carbocycles. The van der Waals surface area contributed by atoms with Crippen molar-refractivity contribution in [3.05, 3.63) is 0 Å². The third-order valence-electron chi connectivity index (χ3n) is 4.72. The van der Waals surface area contributed by atoms with E-state index in [0.717, 1.165) is 6.54 Å². The van der Waals surface area contributed by atoms with Crippen LogP contribution in [0.1, 0.15) is 40.5 Å². The van der Waals surface area contributed by atoms with E-state index in [0.29, 0.717) is 22.9 Å². The number of nitrogens with one attached hydrogen (secondary N) is 2. The van der Waals surface area contributed by atoms with Crippen molar-refractivity contribution in [1.82, 2.24) is 10.6 Å². The van der Waals surface area contributed by atoms with Crippen molar-refractivity contribution >= 4 is 0 Å². The first-order valence-corrected chi connectivity index (χ1v) is 5.93. The molecule has 2 aliphatic rings. The first-order valence-electron chi connectivity index (χ1n) is 5.93. The first-order chi connectivity index (χ1) is 6.46. The quantitative estimate of drug-likeness (QED) is 0.703. The summed E-state index contributed by atoms with van der Waals surface area (Å²) in [6, 6.07) is 1.41. The molecule has 2 N–H and O–H groups in total. The van der Waals surface area contributed by atoms with Gasteiger partial charge in [0.1, 0.15) is 0 Å². The van der Waals surface area contributed by atoms with Gasteiger partial charge in [0, 0.05) is 18.6 Å². The van der Waals surface area contributed by atoms with Crippen LogP contribution < -0.4 is 10.6 Å². The van der Waals surface area contributed by atoms with Gasteiger partial charge in [0.2, 0.25) is 0 Å². The van der Waals surface area contributed by atoms with E-state index in [1.165, 1.54) is 19.4 Å². The Morgan fingerprint density at radius 1 is 1.14 bits per heavy atom. The number of hydrogen-bond donors (Lipinski definition) is 2. The molecule has 2 heteroatoms. The molecule has 0 aromatic carbocycles. The highest BCUT2D eigenvalue weighted by Crippen LogP contribution is 2.62. The van der Waals surface area contributed by atoms with Crippen LogP contribution in [0.2, 0.25) is 0 Å². The summed E-state index contributed by atoms with van der Waals surface area (Å²) in [6.45, 7) is 11.9. The molecule has 2 nitrogen and oxygen atoms in total. The molecule has 1 unspecified atom stereocenters. The van der Waals surface area contributed by atoms with E-state index < -0.39 is 0 Å². The van der Waals surface area contributed by atoms with Crippen LogP contribution in [-0.2, 0) is 0 Å². The second kappa shape index (κ2) is 3.21. The van der Waals surface area contributed by atoms with Crippen LogP contribution in [0, 0.1) is 10.8 Å². The Bertz CT molecular complexity index is 200.